The van der Waals surface area contributed by atoms with Crippen molar-refractivity contribution in [1.29, 1.82) is 0 Å². The van der Waals surface area contributed by atoms with Gasteiger partial charge in [-0.2, -0.15) is 21.6 Å². The second kappa shape index (κ2) is 4.01. The Kier molecular flexibility index (Phi) is 3.29. The summed E-state index contributed by atoms with van der Waals surface area (Å²) in [6.45, 7) is 2.01. The van der Waals surface area contributed by atoms with Crippen molar-refractivity contribution in [3.8, 4) is 0 Å². The zero-order chi connectivity index (χ0) is 11.7. The molecule has 1 heterocycles. The third-order valence-electron chi connectivity index (χ3n) is 1.80. The van der Waals surface area contributed by atoms with Gasteiger partial charge in [-0.05, 0) is 13.0 Å². The van der Waals surface area contributed by atoms with Crippen LogP contribution in [0.4, 0.5) is 13.2 Å². The van der Waals surface area contributed by atoms with Crippen molar-refractivity contribution in [2.75, 3.05) is 6.54 Å². The summed E-state index contributed by atoms with van der Waals surface area (Å²) in [6, 6.07) is -0.103. The van der Waals surface area contributed by atoms with Crippen LogP contribution in [0, 0.1) is 0 Å². The summed E-state index contributed by atoms with van der Waals surface area (Å²) in [7, 11) is -5.52. The van der Waals surface area contributed by atoms with Crippen LogP contribution in [0.25, 0.3) is 0 Å². The molecule has 0 spiro atoms. The van der Waals surface area contributed by atoms with E-state index in [9.17, 15) is 21.6 Å². The predicted octanol–water partition coefficient (Wildman–Crippen LogP) is 1.12. The lowest BCUT2D eigenvalue weighted by Gasteiger charge is -2.20. The molecule has 1 atom stereocenters. The van der Waals surface area contributed by atoms with Crippen LogP contribution >= 0.6 is 0 Å². The molecule has 0 aromatic carbocycles. The molecule has 1 aliphatic heterocycles. The first-order valence-corrected chi connectivity index (χ1v) is 5.56. The van der Waals surface area contributed by atoms with Crippen LogP contribution in [0.15, 0.2) is 11.8 Å². The summed E-state index contributed by atoms with van der Waals surface area (Å²) in [5.41, 5.74) is -5.37. The summed E-state index contributed by atoms with van der Waals surface area (Å²) in [5, 5.41) is 2.90. The van der Waals surface area contributed by atoms with E-state index in [4.69, 9.17) is 0 Å². The predicted molar refractivity (Wildman–Crippen MR) is 46.2 cm³/mol. The first-order chi connectivity index (χ1) is 6.72. The Bertz CT molecular complexity index is 360. The maximum absolute atomic E-state index is 11.9. The molecule has 0 saturated heterocycles. The van der Waals surface area contributed by atoms with Gasteiger partial charge in [-0.25, -0.2) is 0 Å². The molecule has 0 radical (unpaired) electrons. The molecule has 88 valence electrons. The third kappa shape index (κ3) is 3.10. The maximum Gasteiger partial charge on any atom is 0.534 e. The molecule has 15 heavy (non-hydrogen) atoms. The Morgan fingerprint density at radius 3 is 2.60 bits per heavy atom. The Balaban J connectivity index is 2.75. The molecule has 0 aromatic heterocycles. The van der Waals surface area contributed by atoms with Crippen molar-refractivity contribution in [1.82, 2.24) is 5.32 Å². The topological polar surface area (TPSA) is 55.4 Å². The minimum atomic E-state index is -5.52. The van der Waals surface area contributed by atoms with Gasteiger partial charge in [0.15, 0.2) is 0 Å². The smallest absolute Gasteiger partial charge is 0.381 e. The molecular weight excluding hydrogens is 235 g/mol. The summed E-state index contributed by atoms with van der Waals surface area (Å²) in [6.07, 6.45) is 1.40. The molecule has 0 amide bonds. The Morgan fingerprint density at radius 2 is 2.13 bits per heavy atom. The number of alkyl halides is 3. The van der Waals surface area contributed by atoms with Crippen LogP contribution < -0.4 is 5.32 Å². The molecule has 0 fully saturated rings. The Labute approximate surface area is 85.2 Å². The summed E-state index contributed by atoms with van der Waals surface area (Å²) in [4.78, 5) is 0. The van der Waals surface area contributed by atoms with E-state index in [0.717, 1.165) is 0 Å². The van der Waals surface area contributed by atoms with E-state index < -0.39 is 15.6 Å². The molecule has 4 nitrogen and oxygen atoms in total. The van der Waals surface area contributed by atoms with Gasteiger partial charge in [-0.1, -0.05) is 0 Å². The first-order valence-electron chi connectivity index (χ1n) is 4.15. The van der Waals surface area contributed by atoms with Gasteiger partial charge in [0, 0.05) is 19.0 Å². The van der Waals surface area contributed by atoms with Crippen molar-refractivity contribution in [2.45, 2.75) is 24.9 Å². The third-order valence-corrected chi connectivity index (χ3v) is 2.80. The second-order valence-corrected chi connectivity index (χ2v) is 4.70. The van der Waals surface area contributed by atoms with Crippen molar-refractivity contribution in [3.63, 3.8) is 0 Å². The molecular formula is C7H10F3NO3S. The van der Waals surface area contributed by atoms with Gasteiger partial charge in [0.05, 0.1) is 0 Å². The average molecular weight is 245 g/mol. The summed E-state index contributed by atoms with van der Waals surface area (Å²) in [5.74, 6) is -0.168. The second-order valence-electron chi connectivity index (χ2n) is 3.17. The molecule has 1 unspecified atom stereocenters. The molecule has 8 heteroatoms. The van der Waals surface area contributed by atoms with Crippen LogP contribution in [0.5, 0.6) is 0 Å². The Hall–Kier alpha value is -0.760. The molecule has 1 N–H and O–H groups in total. The highest BCUT2D eigenvalue weighted by Crippen LogP contribution is 2.28. The molecule has 1 rings (SSSR count). The lowest BCUT2D eigenvalue weighted by molar-refractivity contribution is -0.0524. The summed E-state index contributed by atoms with van der Waals surface area (Å²) < 4.78 is 61.0. The van der Waals surface area contributed by atoms with Gasteiger partial charge < -0.3 is 9.50 Å². The molecule has 1 aliphatic rings. The zero-order valence-corrected chi connectivity index (χ0v) is 8.65. The van der Waals surface area contributed by atoms with Gasteiger partial charge >= 0.3 is 15.6 Å². The van der Waals surface area contributed by atoms with E-state index in [-0.39, 0.29) is 18.2 Å². The fourth-order valence-electron chi connectivity index (χ4n) is 1.09. The van der Waals surface area contributed by atoms with E-state index in [0.29, 0.717) is 6.54 Å². The van der Waals surface area contributed by atoms with E-state index in [2.05, 4.69) is 9.50 Å². The van der Waals surface area contributed by atoms with Gasteiger partial charge in [-0.3, -0.25) is 0 Å². The normalized spacial score (nSPS) is 23.5. The van der Waals surface area contributed by atoms with Crippen molar-refractivity contribution in [3.05, 3.63) is 11.8 Å². The minimum absolute atomic E-state index is 0.103. The first kappa shape index (κ1) is 12.3. The lowest BCUT2D eigenvalue weighted by atomic mass is 10.1. The standard InChI is InChI=1S/C7H10F3NO3S/c1-5-4-6(2-3-11-5)14-15(12,13)7(8,9)10/h2,5,11H,3-4H2,1H3. The molecule has 0 saturated carbocycles. The number of rotatable bonds is 2. The fraction of sp³-hybridized carbons (Fsp3) is 0.714. The number of hydrogen-bond acceptors (Lipinski definition) is 4. The average Bonchev–Trinajstić information content (AvgIpc) is 2.00. The number of nitrogens with one attached hydrogen (secondary N) is 1. The van der Waals surface area contributed by atoms with Gasteiger partial charge in [0.25, 0.3) is 0 Å². The van der Waals surface area contributed by atoms with Crippen LogP contribution in [0.2, 0.25) is 0 Å². The van der Waals surface area contributed by atoms with Crippen LogP contribution in [-0.2, 0) is 14.3 Å². The molecule has 0 aromatic rings. The SMILES string of the molecule is CC1CC(OS(=O)(=O)C(F)(F)F)=CCN1. The van der Waals surface area contributed by atoms with Crippen LogP contribution in [-0.4, -0.2) is 26.5 Å². The molecule has 0 aliphatic carbocycles. The van der Waals surface area contributed by atoms with Crippen molar-refractivity contribution in [2.24, 2.45) is 0 Å². The van der Waals surface area contributed by atoms with E-state index >= 15 is 0 Å². The van der Waals surface area contributed by atoms with Crippen molar-refractivity contribution < 1.29 is 25.8 Å². The highest BCUT2D eigenvalue weighted by Gasteiger charge is 2.48. The minimum Gasteiger partial charge on any atom is -0.381 e. The van der Waals surface area contributed by atoms with E-state index in [1.807, 2.05) is 0 Å². The maximum atomic E-state index is 11.9. The van der Waals surface area contributed by atoms with Gasteiger partial charge in [0.2, 0.25) is 0 Å². The van der Waals surface area contributed by atoms with E-state index in [1.54, 1.807) is 6.92 Å². The monoisotopic (exact) mass is 245 g/mol. The summed E-state index contributed by atoms with van der Waals surface area (Å²) >= 11 is 0. The van der Waals surface area contributed by atoms with Crippen molar-refractivity contribution >= 4 is 10.1 Å². The van der Waals surface area contributed by atoms with Gasteiger partial charge in [0.1, 0.15) is 5.76 Å². The quantitative estimate of drug-likeness (QED) is 0.585. The highest BCUT2D eigenvalue weighted by molar-refractivity contribution is 7.87. The largest absolute Gasteiger partial charge is 0.534 e. The fourth-order valence-corrected chi connectivity index (χ4v) is 1.60. The van der Waals surface area contributed by atoms with Crippen LogP contribution in [0.1, 0.15) is 13.3 Å². The lowest BCUT2D eigenvalue weighted by Crippen LogP contribution is -2.33. The van der Waals surface area contributed by atoms with Gasteiger partial charge in [-0.15, -0.1) is 0 Å². The number of hydrogen-bond donors (Lipinski definition) is 1. The van der Waals surface area contributed by atoms with Crippen LogP contribution in [0.3, 0.4) is 0 Å². The van der Waals surface area contributed by atoms with E-state index in [1.165, 1.54) is 6.08 Å². The highest BCUT2D eigenvalue weighted by atomic mass is 32.2. The molecule has 0 bridgehead atoms. The zero-order valence-electron chi connectivity index (χ0n) is 7.84. The number of halogens is 3. The Morgan fingerprint density at radius 1 is 1.53 bits per heavy atom.